The summed E-state index contributed by atoms with van der Waals surface area (Å²) in [5.74, 6) is -2.56. The van der Waals surface area contributed by atoms with E-state index < -0.39 is 36.1 Å². The fraction of sp³-hybridized carbons (Fsp3) is 0.364. The van der Waals surface area contributed by atoms with E-state index in [0.29, 0.717) is 10.8 Å². The van der Waals surface area contributed by atoms with Gasteiger partial charge in [-0.25, -0.2) is 19.2 Å². The highest BCUT2D eigenvalue weighted by atomic mass is 16.6. The van der Waals surface area contributed by atoms with Crippen LogP contribution in [0.1, 0.15) is 48.4 Å². The summed E-state index contributed by atoms with van der Waals surface area (Å²) in [7, 11) is 0. The van der Waals surface area contributed by atoms with Crippen molar-refractivity contribution in [3.8, 4) is 0 Å². The molecule has 0 fully saturated rings. The molecule has 0 amide bonds. The monoisotopic (exact) mass is 416 g/mol. The molecule has 0 aliphatic rings. The van der Waals surface area contributed by atoms with Gasteiger partial charge in [-0.05, 0) is 62.7 Å². The topological polar surface area (TPSA) is 105 Å². The van der Waals surface area contributed by atoms with Gasteiger partial charge in [0.2, 0.25) is 0 Å². The second-order valence-corrected chi connectivity index (χ2v) is 6.38. The minimum absolute atomic E-state index is 0.194. The van der Waals surface area contributed by atoms with Gasteiger partial charge in [0.25, 0.3) is 0 Å². The Labute approximate surface area is 174 Å². The van der Waals surface area contributed by atoms with Gasteiger partial charge in [-0.1, -0.05) is 12.1 Å². The van der Waals surface area contributed by atoms with Crippen LogP contribution in [-0.4, -0.2) is 49.3 Å². The van der Waals surface area contributed by atoms with Crippen molar-refractivity contribution in [2.75, 3.05) is 13.2 Å². The third kappa shape index (κ3) is 5.79. The molecular formula is C22H24O8. The first-order valence-electron chi connectivity index (χ1n) is 9.55. The summed E-state index contributed by atoms with van der Waals surface area (Å²) in [4.78, 5) is 47.8. The lowest BCUT2D eigenvalue weighted by Crippen LogP contribution is -2.26. The molecule has 0 saturated heterocycles. The van der Waals surface area contributed by atoms with Gasteiger partial charge in [0, 0.05) is 0 Å². The Balaban J connectivity index is 2.12. The number of benzene rings is 2. The largest absolute Gasteiger partial charge is 0.463 e. The fourth-order valence-electron chi connectivity index (χ4n) is 2.57. The molecule has 0 radical (unpaired) electrons. The number of carbonyl (C=O) groups excluding carboxylic acids is 4. The first-order chi connectivity index (χ1) is 14.3. The lowest BCUT2D eigenvalue weighted by Gasteiger charge is -2.13. The van der Waals surface area contributed by atoms with Gasteiger partial charge in [-0.3, -0.25) is 0 Å². The van der Waals surface area contributed by atoms with Crippen molar-refractivity contribution in [3.63, 3.8) is 0 Å². The smallest absolute Gasteiger partial charge is 0.347 e. The molecule has 2 aromatic carbocycles. The zero-order valence-corrected chi connectivity index (χ0v) is 17.3. The minimum atomic E-state index is -1.02. The van der Waals surface area contributed by atoms with Crippen LogP contribution in [0.15, 0.2) is 36.4 Å². The third-order valence-corrected chi connectivity index (χ3v) is 4.12. The Kier molecular flexibility index (Phi) is 7.91. The van der Waals surface area contributed by atoms with Crippen LogP contribution in [0.5, 0.6) is 0 Å². The predicted octanol–water partition coefficient (Wildman–Crippen LogP) is 3.06. The summed E-state index contributed by atoms with van der Waals surface area (Å²) in [6.45, 7) is 6.59. The highest BCUT2D eigenvalue weighted by Crippen LogP contribution is 2.20. The maximum atomic E-state index is 12.3. The van der Waals surface area contributed by atoms with Gasteiger partial charge < -0.3 is 18.9 Å². The van der Waals surface area contributed by atoms with Crippen LogP contribution in [0, 0.1) is 0 Å². The molecule has 8 heteroatoms. The van der Waals surface area contributed by atoms with Gasteiger partial charge >= 0.3 is 23.9 Å². The summed E-state index contributed by atoms with van der Waals surface area (Å²) >= 11 is 0. The number of ether oxygens (including phenoxy) is 4. The molecule has 0 aliphatic carbocycles. The molecule has 160 valence electrons. The molecule has 0 aliphatic heterocycles. The van der Waals surface area contributed by atoms with Crippen LogP contribution >= 0.6 is 0 Å². The first-order valence-corrected chi connectivity index (χ1v) is 9.55. The Hall–Kier alpha value is -3.42. The maximum Gasteiger partial charge on any atom is 0.347 e. The van der Waals surface area contributed by atoms with E-state index in [0.717, 1.165) is 0 Å². The van der Waals surface area contributed by atoms with Gasteiger partial charge in [-0.15, -0.1) is 0 Å². The molecule has 0 bridgehead atoms. The number of hydrogen-bond donors (Lipinski definition) is 0. The maximum absolute atomic E-state index is 12.3. The van der Waals surface area contributed by atoms with Crippen molar-refractivity contribution in [2.24, 2.45) is 0 Å². The van der Waals surface area contributed by atoms with Crippen LogP contribution in [0.4, 0.5) is 0 Å². The Morgan fingerprint density at radius 1 is 0.700 bits per heavy atom. The molecular weight excluding hydrogens is 392 g/mol. The van der Waals surface area contributed by atoms with Crippen LogP contribution < -0.4 is 0 Å². The third-order valence-electron chi connectivity index (χ3n) is 4.12. The first kappa shape index (κ1) is 22.9. The number of hydrogen-bond acceptors (Lipinski definition) is 8. The quantitative estimate of drug-likeness (QED) is 0.478. The van der Waals surface area contributed by atoms with Gasteiger partial charge in [0.05, 0.1) is 24.3 Å². The van der Waals surface area contributed by atoms with Crippen molar-refractivity contribution in [1.29, 1.82) is 0 Å². The second-order valence-electron chi connectivity index (χ2n) is 6.38. The molecule has 2 rings (SSSR count). The molecule has 0 heterocycles. The molecule has 30 heavy (non-hydrogen) atoms. The molecule has 0 N–H and O–H groups in total. The second kappa shape index (κ2) is 10.4. The highest BCUT2D eigenvalue weighted by molar-refractivity contribution is 5.99. The van der Waals surface area contributed by atoms with E-state index in [1.165, 1.54) is 26.0 Å². The van der Waals surface area contributed by atoms with E-state index in [2.05, 4.69) is 0 Å². The summed E-state index contributed by atoms with van der Waals surface area (Å²) < 4.78 is 19.9. The standard InChI is InChI=1S/C22H24O8/c1-5-27-19(23)13(3)29-21(25)17-9-7-16-12-18(10-8-15(16)11-17)22(26)30-14(4)20(24)28-6-2/h7-14H,5-6H2,1-4H3/t13-,14-/m0/s1. The summed E-state index contributed by atoms with van der Waals surface area (Å²) in [5.41, 5.74) is 0.509. The zero-order chi connectivity index (χ0) is 22.3. The number of fused-ring (bicyclic) bond motifs is 1. The van der Waals surface area contributed by atoms with E-state index >= 15 is 0 Å². The van der Waals surface area contributed by atoms with Crippen LogP contribution in [0.3, 0.4) is 0 Å². The lowest BCUT2D eigenvalue weighted by molar-refractivity contribution is -0.153. The molecule has 0 unspecified atom stereocenters. The number of rotatable bonds is 8. The minimum Gasteiger partial charge on any atom is -0.463 e. The average molecular weight is 416 g/mol. The van der Waals surface area contributed by atoms with Crippen molar-refractivity contribution in [2.45, 2.75) is 39.9 Å². The lowest BCUT2D eigenvalue weighted by atomic mass is 10.0. The van der Waals surface area contributed by atoms with Crippen molar-refractivity contribution >= 4 is 34.6 Å². The molecule has 0 saturated carbocycles. The Morgan fingerprint density at radius 3 is 1.40 bits per heavy atom. The number of esters is 4. The van der Waals surface area contributed by atoms with Crippen molar-refractivity contribution in [1.82, 2.24) is 0 Å². The Morgan fingerprint density at radius 2 is 1.07 bits per heavy atom. The van der Waals surface area contributed by atoms with E-state index in [1.807, 2.05) is 0 Å². The highest BCUT2D eigenvalue weighted by Gasteiger charge is 2.21. The molecule has 0 spiro atoms. The summed E-state index contributed by atoms with van der Waals surface area (Å²) in [6.07, 6.45) is -2.04. The van der Waals surface area contributed by atoms with E-state index in [1.54, 1.807) is 38.1 Å². The predicted molar refractivity (Wildman–Crippen MR) is 107 cm³/mol. The van der Waals surface area contributed by atoms with Gasteiger partial charge in [0.15, 0.2) is 12.2 Å². The fourth-order valence-corrected chi connectivity index (χ4v) is 2.57. The average Bonchev–Trinajstić information content (AvgIpc) is 2.73. The normalized spacial score (nSPS) is 12.5. The SMILES string of the molecule is CCOC(=O)[C@H](C)OC(=O)c1ccc2cc(C(=O)O[C@@H](C)C(=O)OCC)ccc2c1. The molecule has 2 atom stereocenters. The zero-order valence-electron chi connectivity index (χ0n) is 17.3. The van der Waals surface area contributed by atoms with Crippen molar-refractivity contribution < 1.29 is 38.1 Å². The summed E-state index contributed by atoms with van der Waals surface area (Å²) in [6, 6.07) is 9.52. The van der Waals surface area contributed by atoms with Gasteiger partial charge in [0.1, 0.15) is 0 Å². The van der Waals surface area contributed by atoms with Crippen LogP contribution in [-0.2, 0) is 28.5 Å². The molecule has 2 aromatic rings. The van der Waals surface area contributed by atoms with E-state index in [-0.39, 0.29) is 24.3 Å². The number of carbonyl (C=O) groups is 4. The Bertz CT molecular complexity index is 872. The summed E-state index contributed by atoms with van der Waals surface area (Å²) in [5, 5.41) is 1.37. The van der Waals surface area contributed by atoms with Crippen LogP contribution in [0.2, 0.25) is 0 Å². The van der Waals surface area contributed by atoms with E-state index in [4.69, 9.17) is 18.9 Å². The molecule has 0 aromatic heterocycles. The van der Waals surface area contributed by atoms with Gasteiger partial charge in [-0.2, -0.15) is 0 Å². The van der Waals surface area contributed by atoms with Crippen molar-refractivity contribution in [3.05, 3.63) is 47.5 Å². The molecule has 8 nitrogen and oxygen atoms in total. The van der Waals surface area contributed by atoms with Crippen LogP contribution in [0.25, 0.3) is 10.8 Å². The van der Waals surface area contributed by atoms with E-state index in [9.17, 15) is 19.2 Å².